The molecule has 1 aromatic heterocycles. The first-order valence-corrected chi connectivity index (χ1v) is 10.5. The number of nitrogens with zero attached hydrogens (tertiary/aromatic N) is 4. The maximum Gasteiger partial charge on any atom is 0.223 e. The molecule has 2 heterocycles. The molecule has 0 saturated heterocycles. The minimum atomic E-state index is 0.240. The van der Waals surface area contributed by atoms with Gasteiger partial charge in [-0.1, -0.05) is 58.0 Å². The smallest absolute Gasteiger partial charge is 0.223 e. The third kappa shape index (κ3) is 5.34. The quantitative estimate of drug-likeness (QED) is 0.746. The van der Waals surface area contributed by atoms with Crippen LogP contribution in [0.4, 0.5) is 5.82 Å². The number of hydrogen-bond donors (Lipinski definition) is 0. The minimum absolute atomic E-state index is 0.240. The Morgan fingerprint density at radius 3 is 2.48 bits per heavy atom. The molecule has 0 bridgehead atoms. The summed E-state index contributed by atoms with van der Waals surface area (Å²) in [5.41, 5.74) is 3.41. The molecule has 0 aliphatic carbocycles. The molecule has 3 rings (SSSR count). The number of carbonyl (C=O) groups is 1. The average Bonchev–Trinajstić information content (AvgIpc) is 2.65. The highest BCUT2D eigenvalue weighted by molar-refractivity contribution is 5.77. The van der Waals surface area contributed by atoms with Crippen LogP contribution in [0.1, 0.15) is 51.8 Å². The van der Waals surface area contributed by atoms with Gasteiger partial charge in [0.15, 0.2) is 5.82 Å². The zero-order valence-corrected chi connectivity index (χ0v) is 18.7. The summed E-state index contributed by atoms with van der Waals surface area (Å²) >= 11 is 0. The Balaban J connectivity index is 1.81. The zero-order chi connectivity index (χ0) is 21.2. The van der Waals surface area contributed by atoms with Crippen LogP contribution < -0.4 is 4.90 Å². The van der Waals surface area contributed by atoms with Gasteiger partial charge in [0.25, 0.3) is 0 Å². The average molecular weight is 395 g/mol. The second kappa shape index (κ2) is 8.52. The molecule has 2 aromatic rings. The zero-order valence-electron chi connectivity index (χ0n) is 18.7. The highest BCUT2D eigenvalue weighted by Crippen LogP contribution is 2.30. The van der Waals surface area contributed by atoms with Crippen LogP contribution >= 0.6 is 0 Å². The van der Waals surface area contributed by atoms with E-state index in [1.807, 2.05) is 54.2 Å². The van der Waals surface area contributed by atoms with Gasteiger partial charge >= 0.3 is 0 Å². The summed E-state index contributed by atoms with van der Waals surface area (Å²) in [4.78, 5) is 26.7. The molecule has 29 heavy (non-hydrogen) atoms. The predicted octanol–water partition coefficient (Wildman–Crippen LogP) is 4.56. The summed E-state index contributed by atoms with van der Waals surface area (Å²) in [7, 11) is 4.01. The Bertz CT molecular complexity index is 855. The number of benzene rings is 1. The van der Waals surface area contributed by atoms with Crippen LogP contribution in [0.15, 0.2) is 30.3 Å². The lowest BCUT2D eigenvalue weighted by Crippen LogP contribution is -2.38. The topological polar surface area (TPSA) is 49.3 Å². The third-order valence-corrected chi connectivity index (χ3v) is 5.33. The first kappa shape index (κ1) is 21.3. The number of carbonyl (C=O) groups excluding carboxylic acids is 1. The largest absolute Gasteiger partial charge is 0.362 e. The lowest BCUT2D eigenvalue weighted by Gasteiger charge is -2.32. The number of rotatable bonds is 5. The number of fused-ring (bicyclic) bond motifs is 1. The summed E-state index contributed by atoms with van der Waals surface area (Å²) in [6.45, 7) is 10.2. The Kier molecular flexibility index (Phi) is 6.25. The highest BCUT2D eigenvalue weighted by Gasteiger charge is 2.28. The van der Waals surface area contributed by atoms with Gasteiger partial charge in [0.05, 0.1) is 12.2 Å². The molecule has 0 radical (unpaired) electrons. The van der Waals surface area contributed by atoms with Crippen molar-refractivity contribution in [3.63, 3.8) is 0 Å². The first-order valence-electron chi connectivity index (χ1n) is 10.5. The molecule has 0 saturated carbocycles. The van der Waals surface area contributed by atoms with E-state index in [9.17, 15) is 4.79 Å². The Morgan fingerprint density at radius 1 is 1.17 bits per heavy atom. The molecule has 0 spiro atoms. The van der Waals surface area contributed by atoms with E-state index >= 15 is 0 Å². The molecule has 156 valence electrons. The Hall–Kier alpha value is -2.43. The van der Waals surface area contributed by atoms with E-state index in [1.165, 1.54) is 0 Å². The molecular weight excluding hydrogens is 360 g/mol. The lowest BCUT2D eigenvalue weighted by molar-refractivity contribution is -0.133. The van der Waals surface area contributed by atoms with Crippen LogP contribution in [-0.4, -0.2) is 41.4 Å². The van der Waals surface area contributed by atoms with Crippen molar-refractivity contribution in [3.05, 3.63) is 41.6 Å². The number of hydrogen-bond acceptors (Lipinski definition) is 4. The maximum absolute atomic E-state index is 12.9. The molecule has 5 nitrogen and oxygen atoms in total. The van der Waals surface area contributed by atoms with Gasteiger partial charge in [-0.25, -0.2) is 9.97 Å². The Morgan fingerprint density at radius 2 is 1.86 bits per heavy atom. The predicted molar refractivity (Wildman–Crippen MR) is 119 cm³/mol. The fourth-order valence-corrected chi connectivity index (χ4v) is 4.24. The van der Waals surface area contributed by atoms with E-state index in [1.54, 1.807) is 0 Å². The van der Waals surface area contributed by atoms with E-state index in [-0.39, 0.29) is 11.3 Å². The van der Waals surface area contributed by atoms with E-state index < -0.39 is 0 Å². The van der Waals surface area contributed by atoms with Crippen LogP contribution in [0.25, 0.3) is 11.4 Å². The molecule has 1 unspecified atom stereocenters. The van der Waals surface area contributed by atoms with Crippen LogP contribution in [0.2, 0.25) is 0 Å². The van der Waals surface area contributed by atoms with Gasteiger partial charge < -0.3 is 9.80 Å². The van der Waals surface area contributed by atoms with Crippen molar-refractivity contribution in [2.24, 2.45) is 11.3 Å². The minimum Gasteiger partial charge on any atom is -0.362 e. The molecule has 1 atom stereocenters. The first-order chi connectivity index (χ1) is 13.6. The van der Waals surface area contributed by atoms with Gasteiger partial charge in [-0.3, -0.25) is 4.79 Å². The van der Waals surface area contributed by atoms with Crippen molar-refractivity contribution in [1.82, 2.24) is 14.9 Å². The van der Waals surface area contributed by atoms with Gasteiger partial charge in [-0.15, -0.1) is 0 Å². The van der Waals surface area contributed by atoms with Crippen LogP contribution in [0.5, 0.6) is 0 Å². The fraction of sp³-hybridized carbons (Fsp3) is 0.542. The van der Waals surface area contributed by atoms with E-state index in [0.717, 1.165) is 47.8 Å². The molecule has 1 amide bonds. The summed E-state index contributed by atoms with van der Waals surface area (Å²) in [6.07, 6.45) is 2.43. The van der Waals surface area contributed by atoms with Crippen molar-refractivity contribution in [1.29, 1.82) is 0 Å². The highest BCUT2D eigenvalue weighted by atomic mass is 16.2. The maximum atomic E-state index is 12.9. The van der Waals surface area contributed by atoms with Crippen LogP contribution in [-0.2, 0) is 17.8 Å². The number of anilines is 1. The standard InChI is InChI=1S/C24H34N4O/c1-17(15-24(2,3)4)14-21(29)28-13-12-20-19(16-28)23(27(5)6)26-22(25-20)18-10-8-7-9-11-18/h7-11,17H,12-16H2,1-6H3. The molecule has 0 N–H and O–H groups in total. The SMILES string of the molecule is CC(CC(=O)N1CCc2nc(-c3ccccc3)nc(N(C)C)c2C1)CC(C)(C)C. The van der Waals surface area contributed by atoms with E-state index in [4.69, 9.17) is 9.97 Å². The second-order valence-corrected chi connectivity index (χ2v) is 9.70. The Labute approximate surface area is 175 Å². The molecular formula is C24H34N4O. The molecule has 5 heteroatoms. The molecule has 1 aliphatic heterocycles. The number of aromatic nitrogens is 2. The lowest BCUT2D eigenvalue weighted by atomic mass is 9.84. The van der Waals surface area contributed by atoms with Crippen molar-refractivity contribution < 1.29 is 4.79 Å². The number of amides is 1. The van der Waals surface area contributed by atoms with E-state index in [0.29, 0.717) is 18.9 Å². The third-order valence-electron chi connectivity index (χ3n) is 5.33. The van der Waals surface area contributed by atoms with E-state index in [2.05, 4.69) is 27.7 Å². The molecule has 1 aromatic carbocycles. The fourth-order valence-electron chi connectivity index (χ4n) is 4.24. The van der Waals surface area contributed by atoms with Crippen molar-refractivity contribution in [2.45, 2.75) is 53.5 Å². The second-order valence-electron chi connectivity index (χ2n) is 9.70. The summed E-state index contributed by atoms with van der Waals surface area (Å²) in [5, 5.41) is 0. The van der Waals surface area contributed by atoms with Gasteiger partial charge in [0, 0.05) is 44.6 Å². The molecule has 0 fully saturated rings. The van der Waals surface area contributed by atoms with Crippen molar-refractivity contribution in [3.8, 4) is 11.4 Å². The van der Waals surface area contributed by atoms with Gasteiger partial charge in [-0.2, -0.15) is 0 Å². The summed E-state index contributed by atoms with van der Waals surface area (Å²) in [5.74, 6) is 2.29. The molecule has 1 aliphatic rings. The van der Waals surface area contributed by atoms with Gasteiger partial charge in [0.1, 0.15) is 5.82 Å². The van der Waals surface area contributed by atoms with Crippen molar-refractivity contribution in [2.75, 3.05) is 25.5 Å². The van der Waals surface area contributed by atoms with Crippen LogP contribution in [0, 0.1) is 11.3 Å². The van der Waals surface area contributed by atoms with Gasteiger partial charge in [-0.05, 0) is 17.8 Å². The summed E-state index contributed by atoms with van der Waals surface area (Å²) < 4.78 is 0. The van der Waals surface area contributed by atoms with Crippen molar-refractivity contribution >= 4 is 11.7 Å². The normalized spacial score (nSPS) is 15.0. The van der Waals surface area contributed by atoms with Crippen LogP contribution in [0.3, 0.4) is 0 Å². The van der Waals surface area contributed by atoms with Gasteiger partial charge in [0.2, 0.25) is 5.91 Å². The summed E-state index contributed by atoms with van der Waals surface area (Å²) in [6, 6.07) is 10.1. The monoisotopic (exact) mass is 394 g/mol.